The van der Waals surface area contributed by atoms with Crippen LogP contribution in [0.5, 0.6) is 0 Å². The number of rotatable bonds is 1. The average molecular weight is 314 g/mol. The van der Waals surface area contributed by atoms with Gasteiger partial charge in [0.1, 0.15) is 5.69 Å². The van der Waals surface area contributed by atoms with Gasteiger partial charge in [0.2, 0.25) is 0 Å². The van der Waals surface area contributed by atoms with Crippen LogP contribution in [0.25, 0.3) is 11.5 Å². The lowest BCUT2D eigenvalue weighted by atomic mass is 10.4. The molecule has 0 aliphatic carbocycles. The molecule has 2 heterocycles. The number of aromatic amines is 1. The van der Waals surface area contributed by atoms with Crippen LogP contribution in [0.3, 0.4) is 0 Å². The largest absolute Gasteiger partial charge is 0.304 e. The minimum absolute atomic E-state index is 0.149. The molecule has 0 aliphatic heterocycles. The van der Waals surface area contributed by atoms with Crippen LogP contribution in [0.15, 0.2) is 23.4 Å². The predicted octanol–water partition coefficient (Wildman–Crippen LogP) is 1.14. The van der Waals surface area contributed by atoms with Crippen LogP contribution in [0.4, 0.5) is 0 Å². The molecule has 2 aromatic rings. The van der Waals surface area contributed by atoms with Gasteiger partial charge in [-0.15, -0.1) is 0 Å². The summed E-state index contributed by atoms with van der Waals surface area (Å²) in [5.41, 5.74) is 1.11. The van der Waals surface area contributed by atoms with E-state index in [4.69, 9.17) is 0 Å². The van der Waals surface area contributed by atoms with Crippen molar-refractivity contribution in [3.05, 3.63) is 38.2 Å². The zero-order valence-electron chi connectivity index (χ0n) is 7.86. The molecule has 0 spiro atoms. The molecule has 0 unspecified atom stereocenters. The summed E-state index contributed by atoms with van der Waals surface area (Å²) in [7, 11) is 0. The Bertz CT molecular complexity index is 538. The van der Waals surface area contributed by atoms with Gasteiger partial charge < -0.3 is 4.98 Å². The number of H-pyrrole nitrogens is 1. The van der Waals surface area contributed by atoms with Crippen LogP contribution in [-0.4, -0.2) is 19.9 Å². The fourth-order valence-electron chi connectivity index (χ4n) is 1.11. The van der Waals surface area contributed by atoms with E-state index in [9.17, 15) is 4.79 Å². The number of hydrogen-bond donors (Lipinski definition) is 1. The molecule has 5 nitrogen and oxygen atoms in total. The van der Waals surface area contributed by atoms with Gasteiger partial charge in [-0.3, -0.25) is 9.78 Å². The maximum absolute atomic E-state index is 11.5. The average Bonchev–Trinajstić information content (AvgIpc) is 2.26. The van der Waals surface area contributed by atoms with E-state index in [0.717, 1.165) is 0 Å². The number of nitrogens with one attached hydrogen (secondary N) is 1. The first-order valence-electron chi connectivity index (χ1n) is 4.21. The summed E-state index contributed by atoms with van der Waals surface area (Å²) in [5.74, 6) is 0.450. The number of aryl methyl sites for hydroxylation is 1. The molecule has 2 aromatic heterocycles. The Kier molecular flexibility index (Phi) is 2.76. The molecular formula is C9H7IN4O. The van der Waals surface area contributed by atoms with E-state index in [-0.39, 0.29) is 5.56 Å². The fourth-order valence-corrected chi connectivity index (χ4v) is 1.37. The van der Waals surface area contributed by atoms with Crippen molar-refractivity contribution in [2.75, 3.05) is 0 Å². The third-order valence-corrected chi connectivity index (χ3v) is 3.10. The van der Waals surface area contributed by atoms with Gasteiger partial charge in [-0.1, -0.05) is 0 Å². The maximum Gasteiger partial charge on any atom is 0.264 e. The summed E-state index contributed by atoms with van der Waals surface area (Å²) < 4.78 is 0.597. The topological polar surface area (TPSA) is 71.5 Å². The number of halogens is 1. The van der Waals surface area contributed by atoms with Gasteiger partial charge in [-0.2, -0.15) is 0 Å². The molecule has 1 N–H and O–H groups in total. The van der Waals surface area contributed by atoms with Crippen LogP contribution in [0.2, 0.25) is 0 Å². The van der Waals surface area contributed by atoms with Gasteiger partial charge in [0, 0.05) is 12.4 Å². The molecule has 0 saturated carbocycles. The van der Waals surface area contributed by atoms with Gasteiger partial charge in [0.05, 0.1) is 15.5 Å². The van der Waals surface area contributed by atoms with Crippen molar-refractivity contribution in [3.63, 3.8) is 0 Å². The van der Waals surface area contributed by atoms with E-state index in [1.54, 1.807) is 25.5 Å². The van der Waals surface area contributed by atoms with Gasteiger partial charge in [0.15, 0.2) is 5.82 Å². The number of hydrogen-bond acceptors (Lipinski definition) is 4. The Labute approximate surface area is 99.2 Å². The molecular weight excluding hydrogens is 307 g/mol. The van der Waals surface area contributed by atoms with E-state index >= 15 is 0 Å². The highest BCUT2D eigenvalue weighted by Gasteiger charge is 2.07. The molecule has 6 heteroatoms. The second-order valence-electron chi connectivity index (χ2n) is 2.90. The third kappa shape index (κ3) is 2.04. The Morgan fingerprint density at radius 2 is 2.20 bits per heavy atom. The van der Waals surface area contributed by atoms with Crippen molar-refractivity contribution in [2.45, 2.75) is 6.92 Å². The minimum atomic E-state index is -0.149. The normalized spacial score (nSPS) is 10.3. The van der Waals surface area contributed by atoms with Crippen molar-refractivity contribution in [1.82, 2.24) is 19.9 Å². The van der Waals surface area contributed by atoms with E-state index in [0.29, 0.717) is 20.8 Å². The molecule has 0 fully saturated rings. The highest BCUT2D eigenvalue weighted by molar-refractivity contribution is 14.1. The molecule has 0 aromatic carbocycles. The van der Waals surface area contributed by atoms with E-state index < -0.39 is 0 Å². The molecule has 0 saturated heterocycles. The zero-order valence-corrected chi connectivity index (χ0v) is 10.0. The standard InChI is InChI=1S/C9H7IN4O/c1-5-7(10)9(15)14-8(13-5)6-4-11-2-3-12-6/h2-4H,1H3,(H,13,14,15). The monoisotopic (exact) mass is 314 g/mol. The van der Waals surface area contributed by atoms with Crippen molar-refractivity contribution in [1.29, 1.82) is 0 Å². The van der Waals surface area contributed by atoms with Gasteiger partial charge >= 0.3 is 0 Å². The highest BCUT2D eigenvalue weighted by atomic mass is 127. The molecule has 2 rings (SSSR count). The van der Waals surface area contributed by atoms with E-state index in [2.05, 4.69) is 19.9 Å². The Hall–Kier alpha value is -1.31. The van der Waals surface area contributed by atoms with Crippen LogP contribution in [-0.2, 0) is 0 Å². The summed E-state index contributed by atoms with van der Waals surface area (Å²) >= 11 is 1.96. The maximum atomic E-state index is 11.5. The molecule has 76 valence electrons. The first-order chi connectivity index (χ1) is 7.18. The zero-order chi connectivity index (χ0) is 10.8. The van der Waals surface area contributed by atoms with Crippen molar-refractivity contribution < 1.29 is 0 Å². The molecule has 0 bridgehead atoms. The minimum Gasteiger partial charge on any atom is -0.304 e. The van der Waals surface area contributed by atoms with Gasteiger partial charge in [-0.05, 0) is 29.5 Å². The molecule has 0 aliphatic rings. The Morgan fingerprint density at radius 3 is 2.80 bits per heavy atom. The van der Waals surface area contributed by atoms with Crippen molar-refractivity contribution >= 4 is 22.6 Å². The lowest BCUT2D eigenvalue weighted by Gasteiger charge is -2.01. The van der Waals surface area contributed by atoms with Gasteiger partial charge in [0.25, 0.3) is 5.56 Å². The van der Waals surface area contributed by atoms with E-state index in [1.165, 1.54) is 0 Å². The molecule has 0 amide bonds. The second-order valence-corrected chi connectivity index (χ2v) is 3.98. The first-order valence-corrected chi connectivity index (χ1v) is 5.29. The summed E-state index contributed by atoms with van der Waals surface area (Å²) in [4.78, 5) is 26.4. The SMILES string of the molecule is Cc1nc(-c2cnccn2)[nH]c(=O)c1I. The van der Waals surface area contributed by atoms with E-state index in [1.807, 2.05) is 22.6 Å². The molecule has 15 heavy (non-hydrogen) atoms. The predicted molar refractivity (Wildman–Crippen MR) is 63.3 cm³/mol. The Morgan fingerprint density at radius 1 is 1.40 bits per heavy atom. The van der Waals surface area contributed by atoms with Crippen molar-refractivity contribution in [3.8, 4) is 11.5 Å². The Balaban J connectivity index is 2.61. The molecule has 0 atom stereocenters. The summed E-state index contributed by atoms with van der Waals surface area (Å²) in [6.45, 7) is 1.79. The first kappa shape index (κ1) is 10.2. The van der Waals surface area contributed by atoms with Gasteiger partial charge in [-0.25, -0.2) is 9.97 Å². The summed E-state index contributed by atoms with van der Waals surface area (Å²) in [6.07, 6.45) is 4.69. The van der Waals surface area contributed by atoms with Crippen LogP contribution < -0.4 is 5.56 Å². The van der Waals surface area contributed by atoms with Crippen molar-refractivity contribution in [2.24, 2.45) is 0 Å². The number of aromatic nitrogens is 4. The van der Waals surface area contributed by atoms with Crippen LogP contribution in [0.1, 0.15) is 5.69 Å². The molecule has 0 radical (unpaired) electrons. The summed E-state index contributed by atoms with van der Waals surface area (Å²) in [6, 6.07) is 0. The van der Waals surface area contributed by atoms with Crippen LogP contribution in [0, 0.1) is 10.5 Å². The quantitative estimate of drug-likeness (QED) is 0.801. The second kappa shape index (κ2) is 4.05. The smallest absolute Gasteiger partial charge is 0.264 e. The fraction of sp³-hybridized carbons (Fsp3) is 0.111. The van der Waals surface area contributed by atoms with Crippen LogP contribution >= 0.6 is 22.6 Å². The number of nitrogens with zero attached hydrogens (tertiary/aromatic N) is 3. The highest BCUT2D eigenvalue weighted by Crippen LogP contribution is 2.10. The summed E-state index contributed by atoms with van der Waals surface area (Å²) in [5, 5.41) is 0. The third-order valence-electron chi connectivity index (χ3n) is 1.83. The lowest BCUT2D eigenvalue weighted by Crippen LogP contribution is -2.14. The lowest BCUT2D eigenvalue weighted by molar-refractivity contribution is 1.03.